The molecule has 4 aromatic rings. The Labute approximate surface area is 207 Å². The first-order valence-corrected chi connectivity index (χ1v) is 11.0. The van der Waals surface area contributed by atoms with Gasteiger partial charge in [-0.05, 0) is 41.0 Å². The molecule has 2 aromatic heterocycles. The smallest absolute Gasteiger partial charge is 0.255 e. The van der Waals surface area contributed by atoms with E-state index in [2.05, 4.69) is 20.6 Å². The van der Waals surface area contributed by atoms with Gasteiger partial charge in [-0.2, -0.15) is 5.26 Å². The van der Waals surface area contributed by atoms with Crippen molar-refractivity contribution in [1.29, 1.82) is 10.7 Å². The molecule has 9 heteroatoms. The molecule has 0 saturated carbocycles. The van der Waals surface area contributed by atoms with Crippen LogP contribution < -0.4 is 16.4 Å². The first-order chi connectivity index (χ1) is 17.5. The lowest BCUT2D eigenvalue weighted by Crippen LogP contribution is -2.24. The van der Waals surface area contributed by atoms with E-state index in [4.69, 9.17) is 11.1 Å². The van der Waals surface area contributed by atoms with E-state index in [0.29, 0.717) is 23.7 Å². The number of anilines is 2. The lowest BCUT2D eigenvalue weighted by molar-refractivity contribution is 0.0951. The zero-order valence-electron chi connectivity index (χ0n) is 19.1. The summed E-state index contributed by atoms with van der Waals surface area (Å²) in [5.41, 5.74) is 10.3. The van der Waals surface area contributed by atoms with Crippen molar-refractivity contribution in [3.8, 4) is 17.2 Å². The Hall–Kier alpha value is -5.10. The molecule has 2 heterocycles. The van der Waals surface area contributed by atoms with Gasteiger partial charge in [0.25, 0.3) is 5.91 Å². The Morgan fingerprint density at radius 3 is 2.39 bits per heavy atom. The van der Waals surface area contributed by atoms with E-state index >= 15 is 0 Å². The second kappa shape index (κ2) is 10.9. The van der Waals surface area contributed by atoms with E-state index in [0.717, 1.165) is 22.3 Å². The highest BCUT2D eigenvalue weighted by molar-refractivity contribution is 5.99. The Kier molecular flexibility index (Phi) is 7.27. The van der Waals surface area contributed by atoms with Crippen LogP contribution in [0.15, 0.2) is 73.1 Å². The van der Waals surface area contributed by atoms with Crippen LogP contribution in [0.4, 0.5) is 16.0 Å². The molecule has 0 atom stereocenters. The molecule has 0 unspecified atom stereocenters. The molecule has 1 amide bonds. The van der Waals surface area contributed by atoms with Crippen LogP contribution in [0.5, 0.6) is 0 Å². The Bertz CT molecular complexity index is 1440. The number of nitrogen functional groups attached to an aromatic ring is 1. The van der Waals surface area contributed by atoms with Gasteiger partial charge in [0.05, 0.1) is 11.1 Å². The number of pyridine rings is 2. The van der Waals surface area contributed by atoms with Gasteiger partial charge in [-0.3, -0.25) is 4.79 Å². The minimum Gasteiger partial charge on any atom is -0.383 e. The Morgan fingerprint density at radius 2 is 1.69 bits per heavy atom. The third-order valence-electron chi connectivity index (χ3n) is 5.48. The van der Waals surface area contributed by atoms with Crippen LogP contribution in [0, 0.1) is 22.6 Å². The van der Waals surface area contributed by atoms with Crippen LogP contribution in [0.3, 0.4) is 0 Å². The van der Waals surface area contributed by atoms with Crippen molar-refractivity contribution in [3.05, 3.63) is 107 Å². The average molecular weight is 480 g/mol. The van der Waals surface area contributed by atoms with Crippen molar-refractivity contribution in [2.75, 3.05) is 11.1 Å². The third-order valence-corrected chi connectivity index (χ3v) is 5.48. The minimum atomic E-state index is -0.403. The number of hydrogen-bond donors (Lipinski definition) is 4. The van der Waals surface area contributed by atoms with Gasteiger partial charge in [0.15, 0.2) is 0 Å². The second-order valence-electron chi connectivity index (χ2n) is 7.93. The summed E-state index contributed by atoms with van der Waals surface area (Å²) in [6.45, 7) is 0.597. The molecule has 4 rings (SSSR count). The van der Waals surface area contributed by atoms with Crippen LogP contribution >= 0.6 is 0 Å². The standard InChI is InChI=1S/C27H22FN7O/c28-23-7-3-18(4-8-23)14-35-27(36)24-9-19(11-29)15-34-26(24)33-13-17-1-5-20(6-2-17)22-10-21(12-30)25(31)32-16-22/h1-10,12,15-16,30H,13-14H2,(H2,31,32)(H,33,34)(H,35,36). The molecule has 0 bridgehead atoms. The number of halogens is 1. The number of nitrogens with two attached hydrogens (primary N) is 1. The molecule has 5 N–H and O–H groups in total. The van der Waals surface area contributed by atoms with E-state index in [1.54, 1.807) is 24.4 Å². The second-order valence-corrected chi connectivity index (χ2v) is 7.93. The summed E-state index contributed by atoms with van der Waals surface area (Å²) < 4.78 is 13.1. The van der Waals surface area contributed by atoms with Crippen molar-refractivity contribution < 1.29 is 9.18 Å². The summed E-state index contributed by atoms with van der Waals surface area (Å²) in [5.74, 6) is -0.105. The number of nitrogens with zero attached hydrogens (tertiary/aromatic N) is 3. The first kappa shape index (κ1) is 24.0. The fraction of sp³-hybridized carbons (Fsp3) is 0.0741. The Morgan fingerprint density at radius 1 is 1.00 bits per heavy atom. The molecule has 0 radical (unpaired) electrons. The van der Waals surface area contributed by atoms with Gasteiger partial charge in [-0.15, -0.1) is 0 Å². The lowest BCUT2D eigenvalue weighted by atomic mass is 10.0. The lowest BCUT2D eigenvalue weighted by Gasteiger charge is -2.12. The average Bonchev–Trinajstić information content (AvgIpc) is 2.92. The highest BCUT2D eigenvalue weighted by Gasteiger charge is 2.14. The zero-order chi connectivity index (χ0) is 25.5. The zero-order valence-corrected chi connectivity index (χ0v) is 19.1. The van der Waals surface area contributed by atoms with Crippen LogP contribution in [-0.4, -0.2) is 22.1 Å². The monoisotopic (exact) mass is 479 g/mol. The van der Waals surface area contributed by atoms with Gasteiger partial charge < -0.3 is 21.8 Å². The fourth-order valence-electron chi connectivity index (χ4n) is 3.49. The fourth-order valence-corrected chi connectivity index (χ4v) is 3.49. The number of hydrogen-bond acceptors (Lipinski definition) is 7. The van der Waals surface area contributed by atoms with E-state index < -0.39 is 5.91 Å². The Balaban J connectivity index is 1.46. The number of aromatic nitrogens is 2. The van der Waals surface area contributed by atoms with Gasteiger partial charge in [0.1, 0.15) is 23.5 Å². The van der Waals surface area contributed by atoms with Crippen molar-refractivity contribution in [1.82, 2.24) is 15.3 Å². The van der Waals surface area contributed by atoms with Gasteiger partial charge in [-0.1, -0.05) is 36.4 Å². The maximum Gasteiger partial charge on any atom is 0.255 e. The summed E-state index contributed by atoms with van der Waals surface area (Å²) in [6.07, 6.45) is 4.23. The summed E-state index contributed by atoms with van der Waals surface area (Å²) in [6, 6.07) is 18.8. The summed E-state index contributed by atoms with van der Waals surface area (Å²) in [4.78, 5) is 21.2. The predicted octanol–water partition coefficient (Wildman–Crippen LogP) is 4.28. The first-order valence-electron chi connectivity index (χ1n) is 11.0. The van der Waals surface area contributed by atoms with Gasteiger partial charge in [-0.25, -0.2) is 14.4 Å². The number of rotatable bonds is 8. The molecule has 36 heavy (non-hydrogen) atoms. The third kappa shape index (κ3) is 5.69. The van der Waals surface area contributed by atoms with Crippen LogP contribution in [0.1, 0.15) is 32.6 Å². The molecular weight excluding hydrogens is 457 g/mol. The molecule has 0 aliphatic carbocycles. The van der Waals surface area contributed by atoms with Gasteiger partial charge in [0.2, 0.25) is 0 Å². The van der Waals surface area contributed by atoms with E-state index in [1.165, 1.54) is 30.6 Å². The number of nitriles is 1. The quantitative estimate of drug-likeness (QED) is 0.278. The topological polar surface area (TPSA) is 141 Å². The van der Waals surface area contributed by atoms with Crippen molar-refractivity contribution in [2.24, 2.45) is 0 Å². The van der Waals surface area contributed by atoms with Crippen LogP contribution in [0.2, 0.25) is 0 Å². The molecule has 2 aromatic carbocycles. The highest BCUT2D eigenvalue weighted by Crippen LogP contribution is 2.22. The van der Waals surface area contributed by atoms with Crippen molar-refractivity contribution >= 4 is 23.8 Å². The van der Waals surface area contributed by atoms with Crippen LogP contribution in [0.25, 0.3) is 11.1 Å². The molecular formula is C27H22FN7O. The number of nitrogens with one attached hydrogen (secondary N) is 3. The van der Waals surface area contributed by atoms with Crippen molar-refractivity contribution in [3.63, 3.8) is 0 Å². The van der Waals surface area contributed by atoms with E-state index in [1.807, 2.05) is 30.3 Å². The largest absolute Gasteiger partial charge is 0.383 e. The summed E-state index contributed by atoms with van der Waals surface area (Å²) in [5, 5.41) is 22.6. The molecule has 0 saturated heterocycles. The van der Waals surface area contributed by atoms with Crippen LogP contribution in [-0.2, 0) is 13.1 Å². The normalized spacial score (nSPS) is 10.3. The number of amides is 1. The molecule has 0 spiro atoms. The summed E-state index contributed by atoms with van der Waals surface area (Å²) in [7, 11) is 0. The number of carbonyl (C=O) groups excluding carboxylic acids is 1. The van der Waals surface area contributed by atoms with Crippen molar-refractivity contribution in [2.45, 2.75) is 13.1 Å². The van der Waals surface area contributed by atoms with Gasteiger partial charge in [0, 0.05) is 42.8 Å². The van der Waals surface area contributed by atoms with Gasteiger partial charge >= 0.3 is 0 Å². The maximum atomic E-state index is 13.1. The molecule has 0 fully saturated rings. The SMILES string of the molecule is N#Cc1cnc(NCc2ccc(-c3cnc(N)c(C=N)c3)cc2)c(C(=O)NCc2ccc(F)cc2)c1. The molecule has 0 aliphatic rings. The molecule has 178 valence electrons. The van der Waals surface area contributed by atoms with E-state index in [-0.39, 0.29) is 23.5 Å². The predicted molar refractivity (Wildman–Crippen MR) is 136 cm³/mol. The molecule has 8 nitrogen and oxygen atoms in total. The molecule has 0 aliphatic heterocycles. The highest BCUT2D eigenvalue weighted by atomic mass is 19.1. The maximum absolute atomic E-state index is 13.1. The minimum absolute atomic E-state index is 0.205. The van der Waals surface area contributed by atoms with E-state index in [9.17, 15) is 14.4 Å². The summed E-state index contributed by atoms with van der Waals surface area (Å²) >= 11 is 0. The number of benzene rings is 2. The number of carbonyl (C=O) groups is 1.